The van der Waals surface area contributed by atoms with E-state index in [0.29, 0.717) is 29.6 Å². The second kappa shape index (κ2) is 4.55. The minimum atomic E-state index is 0.420. The molecule has 0 fully saturated rings. The van der Waals surface area contributed by atoms with E-state index in [1.54, 1.807) is 6.07 Å². The summed E-state index contributed by atoms with van der Waals surface area (Å²) in [5.74, 6) is 0.893. The predicted octanol–water partition coefficient (Wildman–Crippen LogP) is 2.60. The van der Waals surface area contributed by atoms with Crippen molar-refractivity contribution in [2.24, 2.45) is 0 Å². The van der Waals surface area contributed by atoms with Gasteiger partial charge in [-0.3, -0.25) is 0 Å². The summed E-state index contributed by atoms with van der Waals surface area (Å²) in [6.45, 7) is 1.35. The molecule has 6 heteroatoms. The number of nitrogens with two attached hydrogens (primary N) is 1. The summed E-state index contributed by atoms with van der Waals surface area (Å²) in [6.07, 6.45) is 0. The van der Waals surface area contributed by atoms with E-state index in [1.807, 2.05) is 18.2 Å². The van der Waals surface area contributed by atoms with Gasteiger partial charge < -0.3 is 15.8 Å². The van der Waals surface area contributed by atoms with Crippen LogP contribution in [0.5, 0.6) is 0 Å². The molecule has 0 atom stereocenters. The Morgan fingerprint density at radius 2 is 2.00 bits per heavy atom. The van der Waals surface area contributed by atoms with Crippen LogP contribution in [0.3, 0.4) is 0 Å². The molecule has 1 aromatic heterocycles. The lowest BCUT2D eigenvalue weighted by Crippen LogP contribution is -2.01. The van der Waals surface area contributed by atoms with Gasteiger partial charge in [0.05, 0.1) is 13.2 Å². The normalized spacial score (nSPS) is 13.4. The van der Waals surface area contributed by atoms with Crippen molar-refractivity contribution in [2.45, 2.75) is 13.2 Å². The summed E-state index contributed by atoms with van der Waals surface area (Å²) in [5, 5.41) is 3.13. The van der Waals surface area contributed by atoms with Crippen LogP contribution >= 0.6 is 15.9 Å². The first-order chi connectivity index (χ1) is 8.70. The number of anilines is 3. The molecule has 5 nitrogen and oxygen atoms in total. The fourth-order valence-electron chi connectivity index (χ4n) is 1.87. The highest BCUT2D eigenvalue weighted by atomic mass is 79.9. The zero-order valence-corrected chi connectivity index (χ0v) is 11.1. The maximum atomic E-state index is 5.66. The molecule has 0 aliphatic carbocycles. The van der Waals surface area contributed by atoms with E-state index in [2.05, 4.69) is 31.2 Å². The number of halogens is 1. The van der Waals surface area contributed by atoms with Gasteiger partial charge in [0, 0.05) is 11.8 Å². The molecule has 1 aliphatic heterocycles. The van der Waals surface area contributed by atoms with Crippen molar-refractivity contribution in [3.63, 3.8) is 0 Å². The highest BCUT2D eigenvalue weighted by molar-refractivity contribution is 9.10. The summed E-state index contributed by atoms with van der Waals surface area (Å²) >= 11 is 3.28. The first-order valence-corrected chi connectivity index (χ1v) is 6.26. The van der Waals surface area contributed by atoms with Gasteiger partial charge in [0.2, 0.25) is 5.95 Å². The molecule has 1 aromatic carbocycles. The van der Waals surface area contributed by atoms with Gasteiger partial charge in [-0.2, -0.15) is 4.98 Å². The third kappa shape index (κ3) is 2.30. The molecule has 3 rings (SSSR count). The Bertz CT molecular complexity index is 582. The zero-order valence-electron chi connectivity index (χ0n) is 9.48. The van der Waals surface area contributed by atoms with Crippen LogP contribution in [0.1, 0.15) is 11.1 Å². The number of nitrogen functional groups attached to an aromatic ring is 1. The van der Waals surface area contributed by atoms with Gasteiger partial charge in [0.1, 0.15) is 10.4 Å². The molecule has 0 unspecified atom stereocenters. The van der Waals surface area contributed by atoms with E-state index in [1.165, 1.54) is 11.1 Å². The van der Waals surface area contributed by atoms with Crippen LogP contribution in [0.4, 0.5) is 17.5 Å². The van der Waals surface area contributed by atoms with Crippen LogP contribution in [0.25, 0.3) is 0 Å². The van der Waals surface area contributed by atoms with E-state index in [4.69, 9.17) is 10.5 Å². The number of nitrogens with zero attached hydrogens (tertiary/aromatic N) is 2. The van der Waals surface area contributed by atoms with E-state index in [-0.39, 0.29) is 0 Å². The summed E-state index contributed by atoms with van der Waals surface area (Å²) in [7, 11) is 0. The number of hydrogen-bond acceptors (Lipinski definition) is 5. The third-order valence-corrected chi connectivity index (χ3v) is 3.10. The van der Waals surface area contributed by atoms with Gasteiger partial charge in [-0.1, -0.05) is 6.07 Å². The highest BCUT2D eigenvalue weighted by Gasteiger charge is 2.11. The average Bonchev–Trinajstić information content (AvgIpc) is 2.74. The Morgan fingerprint density at radius 3 is 2.83 bits per heavy atom. The summed E-state index contributed by atoms with van der Waals surface area (Å²) in [4.78, 5) is 8.32. The third-order valence-electron chi connectivity index (χ3n) is 2.69. The van der Waals surface area contributed by atoms with Crippen molar-refractivity contribution < 1.29 is 4.74 Å². The lowest BCUT2D eigenvalue weighted by molar-refractivity contribution is 0.134. The first-order valence-electron chi connectivity index (χ1n) is 5.47. The molecule has 1 aliphatic rings. The van der Waals surface area contributed by atoms with Crippen molar-refractivity contribution in [1.29, 1.82) is 0 Å². The lowest BCUT2D eigenvalue weighted by Gasteiger charge is -2.07. The Morgan fingerprint density at radius 1 is 1.17 bits per heavy atom. The summed E-state index contributed by atoms with van der Waals surface area (Å²) < 4.78 is 6.03. The molecule has 0 spiro atoms. The van der Waals surface area contributed by atoms with Crippen molar-refractivity contribution in [3.05, 3.63) is 40.0 Å². The van der Waals surface area contributed by atoms with Gasteiger partial charge in [0.15, 0.2) is 0 Å². The van der Waals surface area contributed by atoms with E-state index < -0.39 is 0 Å². The van der Waals surface area contributed by atoms with Crippen molar-refractivity contribution in [3.8, 4) is 0 Å². The average molecular weight is 307 g/mol. The van der Waals surface area contributed by atoms with Crippen LogP contribution in [-0.2, 0) is 18.0 Å². The Hall–Kier alpha value is -1.66. The molecule has 0 saturated carbocycles. The molecule has 2 aromatic rings. The van der Waals surface area contributed by atoms with Crippen LogP contribution in [0, 0.1) is 0 Å². The van der Waals surface area contributed by atoms with Gasteiger partial charge in [-0.25, -0.2) is 4.98 Å². The molecule has 0 amide bonds. The van der Waals surface area contributed by atoms with Crippen LogP contribution < -0.4 is 11.1 Å². The van der Waals surface area contributed by atoms with E-state index >= 15 is 0 Å². The Balaban J connectivity index is 1.88. The molecular weight excluding hydrogens is 296 g/mol. The van der Waals surface area contributed by atoms with Crippen LogP contribution in [0.15, 0.2) is 28.9 Å². The number of nitrogens with one attached hydrogen (secondary N) is 1. The molecule has 3 N–H and O–H groups in total. The number of benzene rings is 1. The quantitative estimate of drug-likeness (QED) is 0.834. The van der Waals surface area contributed by atoms with E-state index in [0.717, 1.165) is 5.69 Å². The Labute approximate surface area is 113 Å². The van der Waals surface area contributed by atoms with Crippen LogP contribution in [-0.4, -0.2) is 9.97 Å². The molecular formula is C12H11BrN4O. The molecule has 0 saturated heterocycles. The Kier molecular flexibility index (Phi) is 2.89. The SMILES string of the molecule is Nc1cc(Br)nc(Nc2ccc3c(c2)COC3)n1. The summed E-state index contributed by atoms with van der Waals surface area (Å²) in [5.41, 5.74) is 9.02. The number of ether oxygens (including phenoxy) is 1. The highest BCUT2D eigenvalue weighted by Crippen LogP contribution is 2.25. The maximum Gasteiger partial charge on any atom is 0.230 e. The lowest BCUT2D eigenvalue weighted by atomic mass is 10.1. The standard InChI is InChI=1S/C12H11BrN4O/c13-10-4-11(14)17-12(16-10)15-9-2-1-7-5-18-6-8(7)3-9/h1-4H,5-6H2,(H3,14,15,16,17). The van der Waals surface area contributed by atoms with E-state index in [9.17, 15) is 0 Å². The predicted molar refractivity (Wildman–Crippen MR) is 72.4 cm³/mol. The summed E-state index contributed by atoms with van der Waals surface area (Å²) in [6, 6.07) is 7.73. The minimum absolute atomic E-state index is 0.420. The number of rotatable bonds is 2. The molecule has 2 heterocycles. The number of hydrogen-bond donors (Lipinski definition) is 2. The van der Waals surface area contributed by atoms with Gasteiger partial charge >= 0.3 is 0 Å². The molecule has 0 radical (unpaired) electrons. The largest absolute Gasteiger partial charge is 0.383 e. The minimum Gasteiger partial charge on any atom is -0.383 e. The fourth-order valence-corrected chi connectivity index (χ4v) is 2.27. The number of fused-ring (bicyclic) bond motifs is 1. The first kappa shape index (κ1) is 11.4. The van der Waals surface area contributed by atoms with Crippen molar-refractivity contribution in [1.82, 2.24) is 9.97 Å². The van der Waals surface area contributed by atoms with Crippen molar-refractivity contribution >= 4 is 33.4 Å². The van der Waals surface area contributed by atoms with Gasteiger partial charge in [0.25, 0.3) is 0 Å². The smallest absolute Gasteiger partial charge is 0.230 e. The molecule has 0 bridgehead atoms. The molecule has 92 valence electrons. The topological polar surface area (TPSA) is 73.1 Å². The second-order valence-electron chi connectivity index (χ2n) is 4.04. The monoisotopic (exact) mass is 306 g/mol. The zero-order chi connectivity index (χ0) is 12.5. The van der Waals surface area contributed by atoms with Gasteiger partial charge in [-0.15, -0.1) is 0 Å². The van der Waals surface area contributed by atoms with Crippen molar-refractivity contribution in [2.75, 3.05) is 11.1 Å². The molecule has 18 heavy (non-hydrogen) atoms. The fraction of sp³-hybridized carbons (Fsp3) is 0.167. The van der Waals surface area contributed by atoms with Crippen LogP contribution in [0.2, 0.25) is 0 Å². The van der Waals surface area contributed by atoms with Gasteiger partial charge in [-0.05, 0) is 39.2 Å². The maximum absolute atomic E-state index is 5.66. The second-order valence-corrected chi connectivity index (χ2v) is 4.85. The number of aromatic nitrogens is 2.